The highest BCUT2D eigenvalue weighted by Gasteiger charge is 2.15. The molecule has 8 nitrogen and oxygen atoms in total. The van der Waals surface area contributed by atoms with Gasteiger partial charge >= 0.3 is 0 Å². The van der Waals surface area contributed by atoms with Crippen molar-refractivity contribution >= 4 is 0 Å². The molecule has 1 atom stereocenters. The average Bonchev–Trinajstić information content (AvgIpc) is 3.45. The first-order valence-electron chi connectivity index (χ1n) is 10.4. The Balaban J connectivity index is 1.59. The fraction of sp³-hybridized carbons (Fsp3) is 0.364. The Labute approximate surface area is 175 Å². The van der Waals surface area contributed by atoms with Gasteiger partial charge in [-0.05, 0) is 40.5 Å². The molecular weight excluding hydrogens is 376 g/mol. The fourth-order valence-corrected chi connectivity index (χ4v) is 3.37. The maximum absolute atomic E-state index is 4.79. The first-order chi connectivity index (χ1) is 14.7. The zero-order valence-electron chi connectivity index (χ0n) is 17.6. The zero-order valence-corrected chi connectivity index (χ0v) is 17.6. The van der Waals surface area contributed by atoms with E-state index in [2.05, 4.69) is 75.3 Å². The van der Waals surface area contributed by atoms with Gasteiger partial charge in [0, 0.05) is 24.1 Å². The molecule has 0 saturated heterocycles. The van der Waals surface area contributed by atoms with E-state index < -0.39 is 0 Å². The summed E-state index contributed by atoms with van der Waals surface area (Å²) in [6.45, 7) is 7.24. The lowest BCUT2D eigenvalue weighted by Gasteiger charge is -2.09. The van der Waals surface area contributed by atoms with Gasteiger partial charge in [-0.3, -0.25) is 4.98 Å². The first kappa shape index (κ1) is 19.9. The van der Waals surface area contributed by atoms with Crippen LogP contribution in [-0.2, 0) is 13.0 Å². The number of nitrogens with zero attached hydrogens (tertiary/aromatic N) is 7. The smallest absolute Gasteiger partial charge is 0.198 e. The van der Waals surface area contributed by atoms with Crippen LogP contribution in [0, 0.1) is 0 Å². The Hall–Kier alpha value is -3.42. The summed E-state index contributed by atoms with van der Waals surface area (Å²) in [6.07, 6.45) is 4.77. The summed E-state index contributed by atoms with van der Waals surface area (Å²) in [4.78, 5) is 9.24. The molecule has 1 aromatic carbocycles. The molecule has 4 rings (SSSR count). The van der Waals surface area contributed by atoms with Crippen LogP contribution in [0.4, 0.5) is 0 Å². The third-order valence-electron chi connectivity index (χ3n) is 5.27. The monoisotopic (exact) mass is 402 g/mol. The van der Waals surface area contributed by atoms with Crippen molar-refractivity contribution in [2.24, 2.45) is 0 Å². The fourth-order valence-electron chi connectivity index (χ4n) is 3.37. The number of hydrogen-bond acceptors (Lipinski definition) is 6. The number of pyridine rings is 1. The number of benzene rings is 1. The van der Waals surface area contributed by atoms with Crippen LogP contribution in [0.5, 0.6) is 0 Å². The highest BCUT2D eigenvalue weighted by atomic mass is 15.5. The van der Waals surface area contributed by atoms with E-state index in [0.29, 0.717) is 18.3 Å². The topological polar surface area (TPSA) is 98.1 Å². The summed E-state index contributed by atoms with van der Waals surface area (Å²) >= 11 is 0. The number of nitrogens with one attached hydrogen (secondary N) is 1. The Morgan fingerprint density at radius 3 is 2.63 bits per heavy atom. The van der Waals surface area contributed by atoms with E-state index in [0.717, 1.165) is 47.7 Å². The van der Waals surface area contributed by atoms with Crippen molar-refractivity contribution in [2.45, 2.75) is 52.5 Å². The molecule has 0 spiro atoms. The van der Waals surface area contributed by atoms with Crippen molar-refractivity contribution in [1.29, 1.82) is 0 Å². The molecule has 30 heavy (non-hydrogen) atoms. The maximum Gasteiger partial charge on any atom is 0.198 e. The van der Waals surface area contributed by atoms with Gasteiger partial charge in [0.15, 0.2) is 11.6 Å². The van der Waals surface area contributed by atoms with Gasteiger partial charge in [0.05, 0.1) is 6.54 Å². The minimum Gasteiger partial charge on any atom is -0.252 e. The predicted octanol–water partition coefficient (Wildman–Crippen LogP) is 4.03. The number of tetrazole rings is 1. The number of aromatic nitrogens is 8. The number of rotatable bonds is 8. The number of aromatic amines is 1. The van der Waals surface area contributed by atoms with Crippen LogP contribution in [0.3, 0.4) is 0 Å². The quantitative estimate of drug-likeness (QED) is 0.478. The summed E-state index contributed by atoms with van der Waals surface area (Å²) in [5.74, 6) is 2.93. The van der Waals surface area contributed by atoms with E-state index in [1.54, 1.807) is 6.20 Å². The van der Waals surface area contributed by atoms with Gasteiger partial charge in [0.1, 0.15) is 11.5 Å². The van der Waals surface area contributed by atoms with Gasteiger partial charge in [0.25, 0.3) is 0 Å². The average molecular weight is 403 g/mol. The normalized spacial score (nSPS) is 12.2. The summed E-state index contributed by atoms with van der Waals surface area (Å²) in [5, 5.41) is 18.9. The molecule has 3 aromatic heterocycles. The Kier molecular flexibility index (Phi) is 5.92. The largest absolute Gasteiger partial charge is 0.252 e. The lowest BCUT2D eigenvalue weighted by Crippen LogP contribution is -2.07. The van der Waals surface area contributed by atoms with Crippen molar-refractivity contribution in [1.82, 2.24) is 40.4 Å². The van der Waals surface area contributed by atoms with E-state index >= 15 is 0 Å². The molecule has 0 amide bonds. The molecule has 154 valence electrons. The standard InChI is InChI=1S/C22H26N8/c1-4-7-19-24-21(15(3)5-2)27-30(19)14-16-9-11-17(12-10-16)18-8-6-13-23-20(18)22-25-28-29-26-22/h6,8-13,15H,4-5,7,14H2,1-3H3,(H,25,26,28,29). The van der Waals surface area contributed by atoms with Crippen LogP contribution in [0.15, 0.2) is 42.6 Å². The summed E-state index contributed by atoms with van der Waals surface area (Å²) in [7, 11) is 0. The van der Waals surface area contributed by atoms with Crippen molar-refractivity contribution in [3.8, 4) is 22.6 Å². The number of hydrogen-bond donors (Lipinski definition) is 1. The third kappa shape index (κ3) is 4.12. The molecule has 0 aliphatic heterocycles. The zero-order chi connectivity index (χ0) is 20.9. The maximum atomic E-state index is 4.79. The van der Waals surface area contributed by atoms with Crippen molar-refractivity contribution in [3.05, 3.63) is 59.8 Å². The molecule has 1 N–H and O–H groups in total. The van der Waals surface area contributed by atoms with E-state index in [1.165, 1.54) is 5.56 Å². The van der Waals surface area contributed by atoms with Gasteiger partial charge in [0.2, 0.25) is 0 Å². The Morgan fingerprint density at radius 2 is 1.93 bits per heavy atom. The molecule has 0 aliphatic rings. The van der Waals surface area contributed by atoms with Gasteiger partial charge in [-0.25, -0.2) is 14.8 Å². The SMILES string of the molecule is CCCc1nc(C(C)CC)nn1Cc1ccc(-c2cccnc2-c2nnn[nH]2)cc1. The molecule has 1 unspecified atom stereocenters. The molecule has 0 aliphatic carbocycles. The minimum absolute atomic E-state index is 0.374. The van der Waals surface area contributed by atoms with E-state index in [4.69, 9.17) is 10.1 Å². The highest BCUT2D eigenvalue weighted by Crippen LogP contribution is 2.28. The van der Waals surface area contributed by atoms with Crippen LogP contribution in [-0.4, -0.2) is 40.4 Å². The van der Waals surface area contributed by atoms with E-state index in [-0.39, 0.29) is 0 Å². The van der Waals surface area contributed by atoms with Crippen molar-refractivity contribution < 1.29 is 0 Å². The highest BCUT2D eigenvalue weighted by molar-refractivity contribution is 5.77. The first-order valence-corrected chi connectivity index (χ1v) is 10.4. The van der Waals surface area contributed by atoms with Crippen LogP contribution >= 0.6 is 0 Å². The molecule has 3 heterocycles. The molecule has 4 aromatic rings. The molecule has 0 radical (unpaired) electrons. The van der Waals surface area contributed by atoms with Crippen LogP contribution < -0.4 is 0 Å². The lowest BCUT2D eigenvalue weighted by molar-refractivity contribution is 0.609. The molecule has 0 bridgehead atoms. The summed E-state index contributed by atoms with van der Waals surface area (Å²) < 4.78 is 2.05. The van der Waals surface area contributed by atoms with Gasteiger partial charge in [-0.15, -0.1) is 5.10 Å². The third-order valence-corrected chi connectivity index (χ3v) is 5.27. The second-order valence-electron chi connectivity index (χ2n) is 7.45. The Morgan fingerprint density at radius 1 is 1.10 bits per heavy atom. The van der Waals surface area contributed by atoms with Gasteiger partial charge < -0.3 is 0 Å². The number of H-pyrrole nitrogens is 1. The minimum atomic E-state index is 0.374. The second kappa shape index (κ2) is 8.94. The summed E-state index contributed by atoms with van der Waals surface area (Å²) in [6, 6.07) is 12.4. The van der Waals surface area contributed by atoms with Crippen LogP contribution in [0.2, 0.25) is 0 Å². The molecular formula is C22H26N8. The molecule has 0 saturated carbocycles. The van der Waals surface area contributed by atoms with Crippen LogP contribution in [0.25, 0.3) is 22.6 Å². The van der Waals surface area contributed by atoms with E-state index in [1.807, 2.05) is 12.1 Å². The van der Waals surface area contributed by atoms with Gasteiger partial charge in [-0.2, -0.15) is 5.10 Å². The molecule has 8 heteroatoms. The van der Waals surface area contributed by atoms with Crippen molar-refractivity contribution in [3.63, 3.8) is 0 Å². The van der Waals surface area contributed by atoms with Crippen molar-refractivity contribution in [2.75, 3.05) is 0 Å². The van der Waals surface area contributed by atoms with Crippen LogP contribution in [0.1, 0.15) is 56.7 Å². The lowest BCUT2D eigenvalue weighted by atomic mass is 10.0. The Bertz CT molecular complexity index is 1080. The predicted molar refractivity (Wildman–Crippen MR) is 115 cm³/mol. The molecule has 0 fully saturated rings. The second-order valence-corrected chi connectivity index (χ2v) is 7.45. The van der Waals surface area contributed by atoms with E-state index in [9.17, 15) is 0 Å². The van der Waals surface area contributed by atoms with Gasteiger partial charge in [-0.1, -0.05) is 51.1 Å². The number of aryl methyl sites for hydroxylation is 1. The summed E-state index contributed by atoms with van der Waals surface area (Å²) in [5.41, 5.74) is 3.96.